The van der Waals surface area contributed by atoms with Crippen molar-refractivity contribution in [1.29, 1.82) is 0 Å². The molecule has 1 aromatic carbocycles. The first-order valence-corrected chi connectivity index (χ1v) is 7.68. The topological polar surface area (TPSA) is 63.4 Å². The number of hydrogen-bond acceptors (Lipinski definition) is 4. The lowest BCUT2D eigenvalue weighted by Crippen LogP contribution is -2.31. The van der Waals surface area contributed by atoms with Crippen molar-refractivity contribution in [1.82, 2.24) is 24.5 Å². The Balaban J connectivity index is 1.88. The van der Waals surface area contributed by atoms with Crippen molar-refractivity contribution in [2.75, 3.05) is 6.54 Å². The van der Waals surface area contributed by atoms with Gasteiger partial charge in [0.2, 0.25) is 5.82 Å². The molecule has 0 bridgehead atoms. The summed E-state index contributed by atoms with van der Waals surface area (Å²) in [5.74, 6) is 0.347. The van der Waals surface area contributed by atoms with Crippen LogP contribution in [0.15, 0.2) is 36.5 Å². The molecule has 3 aromatic rings. The van der Waals surface area contributed by atoms with Crippen LogP contribution in [0.25, 0.3) is 5.78 Å². The molecule has 0 atom stereocenters. The third kappa shape index (κ3) is 3.17. The molecule has 2 heterocycles. The van der Waals surface area contributed by atoms with Gasteiger partial charge >= 0.3 is 0 Å². The van der Waals surface area contributed by atoms with Crippen molar-refractivity contribution < 1.29 is 4.79 Å². The van der Waals surface area contributed by atoms with Gasteiger partial charge in [-0.2, -0.15) is 4.98 Å². The van der Waals surface area contributed by atoms with E-state index >= 15 is 0 Å². The van der Waals surface area contributed by atoms with Gasteiger partial charge in [-0.05, 0) is 37.6 Å². The van der Waals surface area contributed by atoms with Crippen LogP contribution in [0.2, 0.25) is 5.02 Å². The molecular formula is C16H16ClN5O. The van der Waals surface area contributed by atoms with Crippen molar-refractivity contribution in [2.24, 2.45) is 0 Å². The second kappa shape index (κ2) is 6.34. The standard InChI is InChI=1S/C16H16ClN5O/c1-3-21(10-12-5-4-6-13(17)9-12)15(23)14-19-16-18-8-7-11(2)22(16)20-14/h4-9H,3,10H2,1-2H3. The fourth-order valence-corrected chi connectivity index (χ4v) is 2.53. The van der Waals surface area contributed by atoms with E-state index in [2.05, 4.69) is 15.1 Å². The molecule has 6 nitrogen and oxygen atoms in total. The van der Waals surface area contributed by atoms with Crippen molar-refractivity contribution in [3.63, 3.8) is 0 Å². The largest absolute Gasteiger partial charge is 0.332 e. The maximum absolute atomic E-state index is 12.7. The van der Waals surface area contributed by atoms with Gasteiger partial charge in [0.25, 0.3) is 11.7 Å². The first kappa shape index (κ1) is 15.4. The summed E-state index contributed by atoms with van der Waals surface area (Å²) in [4.78, 5) is 22.7. The molecule has 0 aliphatic carbocycles. The molecule has 0 unspecified atom stereocenters. The summed E-state index contributed by atoms with van der Waals surface area (Å²) in [6, 6.07) is 9.28. The van der Waals surface area contributed by atoms with Crippen LogP contribution in [0.3, 0.4) is 0 Å². The molecule has 0 saturated heterocycles. The summed E-state index contributed by atoms with van der Waals surface area (Å²) in [6.45, 7) is 4.81. The van der Waals surface area contributed by atoms with Gasteiger partial charge in [0.05, 0.1) is 0 Å². The third-order valence-electron chi connectivity index (χ3n) is 3.55. The Morgan fingerprint density at radius 3 is 2.87 bits per heavy atom. The smallest absolute Gasteiger partial charge is 0.293 e. The summed E-state index contributed by atoms with van der Waals surface area (Å²) in [6.07, 6.45) is 1.65. The zero-order valence-electron chi connectivity index (χ0n) is 12.9. The number of fused-ring (bicyclic) bond motifs is 1. The van der Waals surface area contributed by atoms with Crippen molar-refractivity contribution in [3.05, 3.63) is 58.6 Å². The second-order valence-corrected chi connectivity index (χ2v) is 5.62. The normalized spacial score (nSPS) is 10.9. The predicted molar refractivity (Wildman–Crippen MR) is 87.4 cm³/mol. The number of nitrogens with zero attached hydrogens (tertiary/aromatic N) is 5. The van der Waals surface area contributed by atoms with Crippen LogP contribution in [-0.4, -0.2) is 36.9 Å². The molecule has 0 aliphatic heterocycles. The molecule has 1 amide bonds. The average Bonchev–Trinajstić information content (AvgIpc) is 2.98. The fraction of sp³-hybridized carbons (Fsp3) is 0.250. The van der Waals surface area contributed by atoms with Gasteiger partial charge < -0.3 is 4.90 Å². The van der Waals surface area contributed by atoms with Gasteiger partial charge in [-0.1, -0.05) is 23.7 Å². The lowest BCUT2D eigenvalue weighted by Gasteiger charge is -2.19. The van der Waals surface area contributed by atoms with Crippen LogP contribution in [0, 0.1) is 6.92 Å². The van der Waals surface area contributed by atoms with E-state index in [9.17, 15) is 4.79 Å². The van der Waals surface area contributed by atoms with Gasteiger partial charge in [0.1, 0.15) is 0 Å². The molecule has 0 saturated carbocycles. The molecule has 0 spiro atoms. The number of hydrogen-bond donors (Lipinski definition) is 0. The summed E-state index contributed by atoms with van der Waals surface area (Å²) >= 11 is 6.00. The van der Waals surface area contributed by atoms with Gasteiger partial charge in [-0.15, -0.1) is 5.10 Å². The molecule has 3 rings (SSSR count). The van der Waals surface area contributed by atoms with Crippen molar-refractivity contribution >= 4 is 23.3 Å². The first-order chi connectivity index (χ1) is 11.1. The van der Waals surface area contributed by atoms with Gasteiger partial charge in [0, 0.05) is 30.0 Å². The minimum Gasteiger partial charge on any atom is -0.332 e. The lowest BCUT2D eigenvalue weighted by molar-refractivity contribution is 0.0740. The van der Waals surface area contributed by atoms with E-state index in [1.54, 1.807) is 21.7 Å². The van der Waals surface area contributed by atoms with E-state index < -0.39 is 0 Å². The van der Waals surface area contributed by atoms with Crippen LogP contribution in [-0.2, 0) is 6.54 Å². The van der Waals surface area contributed by atoms with Gasteiger partial charge in [-0.3, -0.25) is 4.79 Å². The average molecular weight is 330 g/mol. The third-order valence-corrected chi connectivity index (χ3v) is 3.79. The quantitative estimate of drug-likeness (QED) is 0.738. The Labute approximate surface area is 138 Å². The molecule has 0 fully saturated rings. The van der Waals surface area contributed by atoms with Gasteiger partial charge in [0.15, 0.2) is 0 Å². The van der Waals surface area contributed by atoms with Crippen LogP contribution >= 0.6 is 11.6 Å². The number of halogens is 1. The van der Waals surface area contributed by atoms with E-state index in [0.29, 0.717) is 23.9 Å². The number of aryl methyl sites for hydroxylation is 1. The lowest BCUT2D eigenvalue weighted by atomic mass is 10.2. The molecule has 23 heavy (non-hydrogen) atoms. The van der Waals surface area contributed by atoms with Crippen LogP contribution in [0.1, 0.15) is 28.8 Å². The summed E-state index contributed by atoms with van der Waals surface area (Å²) in [5, 5.41) is 4.92. The Morgan fingerprint density at radius 1 is 1.35 bits per heavy atom. The van der Waals surface area contributed by atoms with Gasteiger partial charge in [-0.25, -0.2) is 9.50 Å². The van der Waals surface area contributed by atoms with E-state index in [-0.39, 0.29) is 11.7 Å². The highest BCUT2D eigenvalue weighted by Crippen LogP contribution is 2.14. The minimum absolute atomic E-state index is 0.149. The SMILES string of the molecule is CCN(Cc1cccc(Cl)c1)C(=O)c1nc2nccc(C)n2n1. The number of carbonyl (C=O) groups is 1. The van der Waals surface area contributed by atoms with Crippen molar-refractivity contribution in [3.8, 4) is 0 Å². The molecule has 0 radical (unpaired) electrons. The molecule has 0 N–H and O–H groups in total. The fourth-order valence-electron chi connectivity index (χ4n) is 2.32. The predicted octanol–water partition coefficient (Wildman–Crippen LogP) is 2.75. The zero-order valence-corrected chi connectivity index (χ0v) is 13.7. The van der Waals surface area contributed by atoms with E-state index in [1.165, 1.54) is 0 Å². The zero-order chi connectivity index (χ0) is 16.4. The first-order valence-electron chi connectivity index (χ1n) is 7.30. The highest BCUT2D eigenvalue weighted by atomic mass is 35.5. The number of amides is 1. The summed E-state index contributed by atoms with van der Waals surface area (Å²) < 4.78 is 1.57. The number of aromatic nitrogens is 4. The van der Waals surface area contributed by atoms with E-state index in [0.717, 1.165) is 11.3 Å². The molecule has 118 valence electrons. The molecule has 0 aliphatic rings. The summed E-state index contributed by atoms with van der Waals surface area (Å²) in [5.41, 5.74) is 1.84. The Hall–Kier alpha value is -2.47. The second-order valence-electron chi connectivity index (χ2n) is 5.18. The van der Waals surface area contributed by atoms with Crippen molar-refractivity contribution in [2.45, 2.75) is 20.4 Å². The van der Waals surface area contributed by atoms with Crippen LogP contribution < -0.4 is 0 Å². The minimum atomic E-state index is -0.225. The Bertz CT molecular complexity index is 861. The maximum Gasteiger partial charge on any atom is 0.293 e. The Kier molecular flexibility index (Phi) is 4.25. The Morgan fingerprint density at radius 2 is 2.17 bits per heavy atom. The highest BCUT2D eigenvalue weighted by molar-refractivity contribution is 6.30. The summed E-state index contributed by atoms with van der Waals surface area (Å²) in [7, 11) is 0. The maximum atomic E-state index is 12.7. The molecular weight excluding hydrogens is 314 g/mol. The monoisotopic (exact) mass is 329 g/mol. The molecule has 2 aromatic heterocycles. The van der Waals surface area contributed by atoms with E-state index in [1.807, 2.05) is 38.1 Å². The number of rotatable bonds is 4. The molecule has 7 heteroatoms. The van der Waals surface area contributed by atoms with E-state index in [4.69, 9.17) is 11.6 Å². The number of benzene rings is 1. The van der Waals surface area contributed by atoms with Crippen LogP contribution in [0.5, 0.6) is 0 Å². The number of carbonyl (C=O) groups excluding carboxylic acids is 1. The van der Waals surface area contributed by atoms with Crippen LogP contribution in [0.4, 0.5) is 0 Å². The highest BCUT2D eigenvalue weighted by Gasteiger charge is 2.20.